The summed E-state index contributed by atoms with van der Waals surface area (Å²) >= 11 is 3.47. The maximum Gasteiger partial charge on any atom is 0.261 e. The fourth-order valence-corrected chi connectivity index (χ4v) is 3.59. The molecular formula is C26H35BrN2O3. The van der Waals surface area contributed by atoms with E-state index in [0.29, 0.717) is 24.8 Å². The summed E-state index contributed by atoms with van der Waals surface area (Å²) in [4.78, 5) is 27.4. The lowest BCUT2D eigenvalue weighted by Gasteiger charge is -2.29. The van der Waals surface area contributed by atoms with Gasteiger partial charge in [0.15, 0.2) is 6.61 Å². The zero-order chi connectivity index (χ0) is 23.9. The van der Waals surface area contributed by atoms with Crippen molar-refractivity contribution in [3.63, 3.8) is 0 Å². The van der Waals surface area contributed by atoms with Crippen molar-refractivity contribution in [3.05, 3.63) is 64.1 Å². The standard InChI is InChI=1S/C26H35BrN2O3/c1-18(2)15-28-25(31)19(3)29(16-20-8-7-9-22(27)14-20)24(30)17-32-23-12-10-21(11-13-23)26(4,5)6/h7-14,18-19H,15-17H2,1-6H3,(H,28,31)/t19-/m0/s1. The van der Waals surface area contributed by atoms with Gasteiger partial charge in [0.05, 0.1) is 0 Å². The number of halogens is 1. The Labute approximate surface area is 200 Å². The number of carbonyl (C=O) groups excluding carboxylic acids is 2. The van der Waals surface area contributed by atoms with Gasteiger partial charge in [0.25, 0.3) is 5.91 Å². The van der Waals surface area contributed by atoms with E-state index < -0.39 is 6.04 Å². The van der Waals surface area contributed by atoms with Crippen LogP contribution in [0.2, 0.25) is 0 Å². The van der Waals surface area contributed by atoms with Gasteiger partial charge in [-0.3, -0.25) is 9.59 Å². The first-order valence-electron chi connectivity index (χ1n) is 11.0. The second-order valence-electron chi connectivity index (χ2n) is 9.53. The van der Waals surface area contributed by atoms with Crippen molar-refractivity contribution in [3.8, 4) is 5.75 Å². The van der Waals surface area contributed by atoms with E-state index in [9.17, 15) is 9.59 Å². The van der Waals surface area contributed by atoms with Gasteiger partial charge in [0, 0.05) is 17.6 Å². The van der Waals surface area contributed by atoms with Crippen LogP contribution in [0.3, 0.4) is 0 Å². The summed E-state index contributed by atoms with van der Waals surface area (Å²) in [7, 11) is 0. The van der Waals surface area contributed by atoms with E-state index >= 15 is 0 Å². The highest BCUT2D eigenvalue weighted by Gasteiger charge is 2.26. The number of ether oxygens (including phenoxy) is 1. The third-order valence-electron chi connectivity index (χ3n) is 5.18. The molecule has 2 rings (SSSR count). The van der Waals surface area contributed by atoms with Crippen LogP contribution >= 0.6 is 15.9 Å². The van der Waals surface area contributed by atoms with E-state index in [0.717, 1.165) is 10.0 Å². The predicted molar refractivity (Wildman–Crippen MR) is 133 cm³/mol. The average Bonchev–Trinajstić information content (AvgIpc) is 2.73. The minimum Gasteiger partial charge on any atom is -0.484 e. The Bertz CT molecular complexity index is 904. The molecule has 5 nitrogen and oxygen atoms in total. The molecule has 0 saturated carbocycles. The van der Waals surface area contributed by atoms with Gasteiger partial charge in [-0.2, -0.15) is 0 Å². The highest BCUT2D eigenvalue weighted by Crippen LogP contribution is 2.24. The molecular weight excluding hydrogens is 468 g/mol. The second kappa shape index (κ2) is 11.5. The van der Waals surface area contributed by atoms with Crippen molar-refractivity contribution in [2.75, 3.05) is 13.2 Å². The molecule has 1 atom stereocenters. The van der Waals surface area contributed by atoms with Gasteiger partial charge in [0.1, 0.15) is 11.8 Å². The number of nitrogens with one attached hydrogen (secondary N) is 1. The van der Waals surface area contributed by atoms with Crippen LogP contribution < -0.4 is 10.1 Å². The van der Waals surface area contributed by atoms with Gasteiger partial charge in [-0.1, -0.05) is 74.8 Å². The summed E-state index contributed by atoms with van der Waals surface area (Å²) in [6.07, 6.45) is 0. The number of nitrogens with zero attached hydrogens (tertiary/aromatic N) is 1. The lowest BCUT2D eigenvalue weighted by atomic mass is 9.87. The van der Waals surface area contributed by atoms with E-state index in [1.807, 2.05) is 62.4 Å². The molecule has 0 aliphatic rings. The molecule has 0 aliphatic carbocycles. The number of rotatable bonds is 9. The molecule has 174 valence electrons. The van der Waals surface area contributed by atoms with Crippen LogP contribution in [-0.4, -0.2) is 35.9 Å². The number of amides is 2. The molecule has 0 radical (unpaired) electrons. The van der Waals surface area contributed by atoms with E-state index in [4.69, 9.17) is 4.74 Å². The third-order valence-corrected chi connectivity index (χ3v) is 5.67. The first-order valence-corrected chi connectivity index (χ1v) is 11.8. The summed E-state index contributed by atoms with van der Waals surface area (Å²) in [6, 6.07) is 14.9. The summed E-state index contributed by atoms with van der Waals surface area (Å²) < 4.78 is 6.70. The molecule has 0 aromatic heterocycles. The lowest BCUT2D eigenvalue weighted by molar-refractivity contribution is -0.142. The Morgan fingerprint density at radius 3 is 2.28 bits per heavy atom. The van der Waals surface area contributed by atoms with Crippen LogP contribution in [0, 0.1) is 5.92 Å². The lowest BCUT2D eigenvalue weighted by Crippen LogP contribution is -2.49. The maximum absolute atomic E-state index is 13.1. The predicted octanol–water partition coefficient (Wildman–Crippen LogP) is 5.31. The Morgan fingerprint density at radius 2 is 1.72 bits per heavy atom. The van der Waals surface area contributed by atoms with Gasteiger partial charge in [0.2, 0.25) is 5.91 Å². The smallest absolute Gasteiger partial charge is 0.261 e. The van der Waals surface area contributed by atoms with E-state index in [2.05, 4.69) is 42.0 Å². The van der Waals surface area contributed by atoms with Crippen LogP contribution in [0.4, 0.5) is 0 Å². The maximum atomic E-state index is 13.1. The molecule has 0 spiro atoms. The van der Waals surface area contributed by atoms with E-state index in [-0.39, 0.29) is 23.8 Å². The summed E-state index contributed by atoms with van der Waals surface area (Å²) in [5.41, 5.74) is 2.18. The van der Waals surface area contributed by atoms with Crippen molar-refractivity contribution >= 4 is 27.7 Å². The van der Waals surface area contributed by atoms with Gasteiger partial charge in [-0.15, -0.1) is 0 Å². The Morgan fingerprint density at radius 1 is 1.06 bits per heavy atom. The van der Waals surface area contributed by atoms with Gasteiger partial charge in [-0.05, 0) is 53.6 Å². The molecule has 0 fully saturated rings. The summed E-state index contributed by atoms with van der Waals surface area (Å²) in [5.74, 6) is 0.555. The molecule has 0 aliphatic heterocycles. The fraction of sp³-hybridized carbons (Fsp3) is 0.462. The molecule has 2 aromatic carbocycles. The van der Waals surface area contributed by atoms with Crippen LogP contribution in [0.5, 0.6) is 5.75 Å². The molecule has 6 heteroatoms. The monoisotopic (exact) mass is 502 g/mol. The SMILES string of the molecule is CC(C)CNC(=O)[C@H](C)N(Cc1cccc(Br)c1)C(=O)COc1ccc(C(C)(C)C)cc1. The zero-order valence-electron chi connectivity index (χ0n) is 19.9. The molecule has 1 N–H and O–H groups in total. The van der Waals surface area contributed by atoms with Crippen molar-refractivity contribution in [2.24, 2.45) is 5.92 Å². The molecule has 32 heavy (non-hydrogen) atoms. The Hall–Kier alpha value is -2.34. The first-order chi connectivity index (χ1) is 15.0. The number of hydrogen-bond donors (Lipinski definition) is 1. The molecule has 2 aromatic rings. The van der Waals surface area contributed by atoms with Crippen LogP contribution in [0.15, 0.2) is 53.0 Å². The van der Waals surface area contributed by atoms with Crippen molar-refractivity contribution in [2.45, 2.75) is 59.5 Å². The van der Waals surface area contributed by atoms with Crippen LogP contribution in [-0.2, 0) is 21.5 Å². The number of benzene rings is 2. The van der Waals surface area contributed by atoms with Crippen molar-refractivity contribution in [1.29, 1.82) is 0 Å². The largest absolute Gasteiger partial charge is 0.484 e. The highest BCUT2D eigenvalue weighted by atomic mass is 79.9. The normalized spacial score (nSPS) is 12.4. The Balaban J connectivity index is 2.12. The summed E-state index contributed by atoms with van der Waals surface area (Å²) in [5, 5.41) is 2.93. The third kappa shape index (κ3) is 7.97. The summed E-state index contributed by atoms with van der Waals surface area (Å²) in [6.45, 7) is 13.0. The minimum absolute atomic E-state index is 0.0495. The van der Waals surface area contributed by atoms with Crippen LogP contribution in [0.25, 0.3) is 0 Å². The number of hydrogen-bond acceptors (Lipinski definition) is 3. The molecule has 0 saturated heterocycles. The van der Waals surface area contributed by atoms with Gasteiger partial charge in [-0.25, -0.2) is 0 Å². The van der Waals surface area contributed by atoms with E-state index in [1.165, 1.54) is 5.56 Å². The van der Waals surface area contributed by atoms with Crippen molar-refractivity contribution in [1.82, 2.24) is 10.2 Å². The highest BCUT2D eigenvalue weighted by molar-refractivity contribution is 9.10. The van der Waals surface area contributed by atoms with Gasteiger partial charge < -0.3 is 15.0 Å². The first kappa shape index (κ1) is 25.9. The van der Waals surface area contributed by atoms with E-state index in [1.54, 1.807) is 11.8 Å². The molecule has 2 amide bonds. The Kier molecular flexibility index (Phi) is 9.32. The number of carbonyl (C=O) groups is 2. The quantitative estimate of drug-likeness (QED) is 0.504. The van der Waals surface area contributed by atoms with Crippen molar-refractivity contribution < 1.29 is 14.3 Å². The minimum atomic E-state index is -0.618. The zero-order valence-corrected chi connectivity index (χ0v) is 21.5. The van der Waals surface area contributed by atoms with Crippen LogP contribution in [0.1, 0.15) is 52.7 Å². The average molecular weight is 503 g/mol. The molecule has 0 unspecified atom stereocenters. The van der Waals surface area contributed by atoms with Gasteiger partial charge >= 0.3 is 0 Å². The molecule has 0 heterocycles. The topological polar surface area (TPSA) is 58.6 Å². The molecule has 0 bridgehead atoms. The second-order valence-corrected chi connectivity index (χ2v) is 10.4. The fourth-order valence-electron chi connectivity index (χ4n) is 3.15.